The van der Waals surface area contributed by atoms with Crippen molar-refractivity contribution >= 4 is 0 Å². The second-order valence-electron chi connectivity index (χ2n) is 5.12. The van der Waals surface area contributed by atoms with Crippen molar-refractivity contribution in [1.82, 2.24) is 20.4 Å². The molecule has 0 aliphatic heterocycles. The highest BCUT2D eigenvalue weighted by atomic mass is 15.4. The van der Waals surface area contributed by atoms with Gasteiger partial charge in [0, 0.05) is 13.0 Å². The smallest absolute Gasteiger partial charge is 0.0772 e. The number of aryl methyl sites for hydroxylation is 2. The number of benzene rings is 1. The zero-order valence-electron chi connectivity index (χ0n) is 11.1. The first-order valence-corrected chi connectivity index (χ1v) is 6.69. The molecule has 0 radical (unpaired) electrons. The number of rotatable bonds is 3. The van der Waals surface area contributed by atoms with Crippen molar-refractivity contribution in [2.75, 3.05) is 0 Å². The van der Waals surface area contributed by atoms with Crippen LogP contribution in [0.1, 0.15) is 41.6 Å². The van der Waals surface area contributed by atoms with Crippen LogP contribution in [0.3, 0.4) is 0 Å². The van der Waals surface area contributed by atoms with Crippen LogP contribution in [-0.4, -0.2) is 15.0 Å². The molecular weight excluding hydrogens is 238 g/mol. The SMILES string of the molecule is Cn1nncc1C(NN)C1CCCc2ccccc21. The fourth-order valence-electron chi connectivity index (χ4n) is 3.12. The van der Waals surface area contributed by atoms with Crippen LogP contribution < -0.4 is 11.3 Å². The maximum absolute atomic E-state index is 5.80. The predicted molar refractivity (Wildman–Crippen MR) is 73.2 cm³/mol. The Balaban J connectivity index is 2.00. The van der Waals surface area contributed by atoms with Crippen molar-refractivity contribution in [3.8, 4) is 0 Å². The average molecular weight is 257 g/mol. The standard InChI is InChI=1S/C14H19N5/c1-19-13(9-16-18-19)14(17-15)12-8-4-6-10-5-2-3-7-11(10)12/h2-3,5,7,9,12,14,17H,4,6,8,15H2,1H3. The summed E-state index contributed by atoms with van der Waals surface area (Å²) in [6.07, 6.45) is 5.29. The maximum Gasteiger partial charge on any atom is 0.0772 e. The summed E-state index contributed by atoms with van der Waals surface area (Å²) in [5.74, 6) is 6.18. The Hall–Kier alpha value is -1.72. The van der Waals surface area contributed by atoms with Crippen molar-refractivity contribution in [2.24, 2.45) is 12.9 Å². The third-order valence-electron chi connectivity index (χ3n) is 4.07. The number of hydrogen-bond donors (Lipinski definition) is 2. The average Bonchev–Trinajstić information content (AvgIpc) is 2.86. The van der Waals surface area contributed by atoms with Gasteiger partial charge in [-0.25, -0.2) is 0 Å². The van der Waals surface area contributed by atoms with Crippen LogP contribution in [0.4, 0.5) is 0 Å². The van der Waals surface area contributed by atoms with Gasteiger partial charge in [-0.05, 0) is 30.4 Å². The van der Waals surface area contributed by atoms with E-state index < -0.39 is 0 Å². The largest absolute Gasteiger partial charge is 0.271 e. The highest BCUT2D eigenvalue weighted by Gasteiger charge is 2.30. The van der Waals surface area contributed by atoms with Gasteiger partial charge in [0.25, 0.3) is 0 Å². The van der Waals surface area contributed by atoms with Crippen LogP contribution in [0.5, 0.6) is 0 Å². The lowest BCUT2D eigenvalue weighted by Gasteiger charge is -2.31. The number of nitrogens with zero attached hydrogens (tertiary/aromatic N) is 3. The summed E-state index contributed by atoms with van der Waals surface area (Å²) in [6, 6.07) is 8.70. The normalized spacial score (nSPS) is 20.0. The quantitative estimate of drug-likeness (QED) is 0.645. The molecule has 0 amide bonds. The minimum atomic E-state index is 0.0569. The van der Waals surface area contributed by atoms with Crippen LogP contribution in [0.25, 0.3) is 0 Å². The third kappa shape index (κ3) is 2.15. The number of hydrazine groups is 1. The van der Waals surface area contributed by atoms with Crippen molar-refractivity contribution in [2.45, 2.75) is 31.2 Å². The minimum absolute atomic E-state index is 0.0569. The Kier molecular flexibility index (Phi) is 3.31. The van der Waals surface area contributed by atoms with Crippen LogP contribution in [-0.2, 0) is 13.5 Å². The Labute approximate surface area is 112 Å². The molecule has 19 heavy (non-hydrogen) atoms. The molecule has 2 atom stereocenters. The van der Waals surface area contributed by atoms with Gasteiger partial charge in [0.1, 0.15) is 0 Å². The van der Waals surface area contributed by atoms with E-state index in [4.69, 9.17) is 5.84 Å². The molecule has 1 heterocycles. The fourth-order valence-corrected chi connectivity index (χ4v) is 3.12. The molecule has 2 unspecified atom stereocenters. The van der Waals surface area contributed by atoms with E-state index >= 15 is 0 Å². The van der Waals surface area contributed by atoms with E-state index in [1.807, 2.05) is 7.05 Å². The first-order chi connectivity index (χ1) is 9.31. The van der Waals surface area contributed by atoms with Crippen LogP contribution in [0.2, 0.25) is 0 Å². The van der Waals surface area contributed by atoms with E-state index in [2.05, 4.69) is 40.0 Å². The Bertz CT molecular complexity index is 562. The molecule has 5 heteroatoms. The Morgan fingerprint density at radius 2 is 2.26 bits per heavy atom. The molecule has 3 rings (SSSR count). The molecule has 100 valence electrons. The van der Waals surface area contributed by atoms with E-state index in [9.17, 15) is 0 Å². The van der Waals surface area contributed by atoms with Crippen LogP contribution in [0.15, 0.2) is 30.5 Å². The molecule has 3 N–H and O–H groups in total. The van der Waals surface area contributed by atoms with Crippen molar-refractivity contribution < 1.29 is 0 Å². The molecule has 5 nitrogen and oxygen atoms in total. The van der Waals surface area contributed by atoms with Crippen molar-refractivity contribution in [3.05, 3.63) is 47.3 Å². The molecule has 0 saturated heterocycles. The lowest BCUT2D eigenvalue weighted by Crippen LogP contribution is -2.35. The summed E-state index contributed by atoms with van der Waals surface area (Å²) in [6.45, 7) is 0. The first kappa shape index (κ1) is 12.3. The number of aromatic nitrogens is 3. The zero-order chi connectivity index (χ0) is 13.2. The first-order valence-electron chi connectivity index (χ1n) is 6.69. The van der Waals surface area contributed by atoms with Gasteiger partial charge in [0.05, 0.1) is 17.9 Å². The van der Waals surface area contributed by atoms with Gasteiger partial charge in [-0.15, -0.1) is 5.10 Å². The number of nitrogens with two attached hydrogens (primary N) is 1. The number of hydrogen-bond acceptors (Lipinski definition) is 4. The molecule has 1 aliphatic carbocycles. The van der Waals surface area contributed by atoms with Gasteiger partial charge < -0.3 is 0 Å². The zero-order valence-corrected chi connectivity index (χ0v) is 11.1. The molecule has 1 aromatic carbocycles. The summed E-state index contributed by atoms with van der Waals surface area (Å²) < 4.78 is 1.79. The Morgan fingerprint density at radius 1 is 1.42 bits per heavy atom. The van der Waals surface area contributed by atoms with E-state index in [1.54, 1.807) is 10.9 Å². The fraction of sp³-hybridized carbons (Fsp3) is 0.429. The second kappa shape index (κ2) is 5.11. The highest BCUT2D eigenvalue weighted by Crippen LogP contribution is 2.39. The highest BCUT2D eigenvalue weighted by molar-refractivity contribution is 5.34. The molecule has 0 spiro atoms. The predicted octanol–water partition coefficient (Wildman–Crippen LogP) is 1.44. The van der Waals surface area contributed by atoms with Crippen molar-refractivity contribution in [1.29, 1.82) is 0 Å². The topological polar surface area (TPSA) is 68.8 Å². The van der Waals surface area contributed by atoms with Crippen molar-refractivity contribution in [3.63, 3.8) is 0 Å². The maximum atomic E-state index is 5.80. The summed E-state index contributed by atoms with van der Waals surface area (Å²) in [4.78, 5) is 0. The molecule has 0 fully saturated rings. The lowest BCUT2D eigenvalue weighted by atomic mass is 9.78. The van der Waals surface area contributed by atoms with Gasteiger partial charge in [-0.1, -0.05) is 29.5 Å². The monoisotopic (exact) mass is 257 g/mol. The molecule has 0 bridgehead atoms. The third-order valence-corrected chi connectivity index (χ3v) is 4.07. The summed E-state index contributed by atoms with van der Waals surface area (Å²) >= 11 is 0. The molecular formula is C14H19N5. The molecule has 2 aromatic rings. The molecule has 0 saturated carbocycles. The summed E-state index contributed by atoms with van der Waals surface area (Å²) in [5.41, 5.74) is 6.83. The second-order valence-corrected chi connectivity index (χ2v) is 5.12. The minimum Gasteiger partial charge on any atom is -0.271 e. The lowest BCUT2D eigenvalue weighted by molar-refractivity contribution is 0.389. The number of fused-ring (bicyclic) bond motifs is 1. The van der Waals surface area contributed by atoms with Gasteiger partial charge in [0.2, 0.25) is 0 Å². The van der Waals surface area contributed by atoms with E-state index in [0.29, 0.717) is 5.92 Å². The number of nitrogens with one attached hydrogen (secondary N) is 1. The summed E-state index contributed by atoms with van der Waals surface area (Å²) in [7, 11) is 1.90. The van der Waals surface area contributed by atoms with E-state index in [-0.39, 0.29) is 6.04 Å². The Morgan fingerprint density at radius 3 is 3.00 bits per heavy atom. The van der Waals surface area contributed by atoms with Gasteiger partial charge >= 0.3 is 0 Å². The molecule has 1 aromatic heterocycles. The summed E-state index contributed by atoms with van der Waals surface area (Å²) in [5, 5.41) is 7.97. The van der Waals surface area contributed by atoms with E-state index in [1.165, 1.54) is 17.5 Å². The van der Waals surface area contributed by atoms with Crippen LogP contribution >= 0.6 is 0 Å². The van der Waals surface area contributed by atoms with Gasteiger partial charge in [0.15, 0.2) is 0 Å². The van der Waals surface area contributed by atoms with Gasteiger partial charge in [-0.3, -0.25) is 16.0 Å². The van der Waals surface area contributed by atoms with E-state index in [0.717, 1.165) is 18.5 Å². The van der Waals surface area contributed by atoms with Gasteiger partial charge in [-0.2, -0.15) is 0 Å². The molecule has 1 aliphatic rings. The van der Waals surface area contributed by atoms with Crippen LogP contribution in [0, 0.1) is 0 Å².